The minimum Gasteiger partial charge on any atom is -0.481 e. The number of nitrogens with zero attached hydrogens (tertiary/aromatic N) is 2. The number of nitrogens with one attached hydrogen (secondary N) is 1. The molecule has 1 unspecified atom stereocenters. The van der Waals surface area contributed by atoms with Gasteiger partial charge in [-0.2, -0.15) is 0 Å². The maximum Gasteiger partial charge on any atom is 0.305 e. The highest BCUT2D eigenvalue weighted by atomic mass is 19.1. The number of carbonyl (C=O) groups is 2. The molecule has 3 rings (SSSR count). The molecular weight excluding hydrogens is 365 g/mol. The molecule has 7 nitrogen and oxygen atoms in total. The van der Waals surface area contributed by atoms with Gasteiger partial charge in [-0.05, 0) is 36.6 Å². The minimum atomic E-state index is -1.08. The Morgan fingerprint density at radius 3 is 2.54 bits per heavy atom. The lowest BCUT2D eigenvalue weighted by Crippen LogP contribution is -2.30. The van der Waals surface area contributed by atoms with Crippen molar-refractivity contribution in [2.75, 3.05) is 0 Å². The number of aromatic nitrogens is 2. The summed E-state index contributed by atoms with van der Waals surface area (Å²) in [5, 5.41) is 16.3. The zero-order chi connectivity index (χ0) is 20.4. The summed E-state index contributed by atoms with van der Waals surface area (Å²) < 4.78 is 18.4. The molecule has 2 aromatic heterocycles. The lowest BCUT2D eigenvalue weighted by molar-refractivity contribution is -0.137. The van der Waals surface area contributed by atoms with E-state index in [-0.39, 0.29) is 18.1 Å². The van der Waals surface area contributed by atoms with E-state index in [9.17, 15) is 19.1 Å². The smallest absolute Gasteiger partial charge is 0.305 e. The van der Waals surface area contributed by atoms with Gasteiger partial charge in [0, 0.05) is 5.69 Å². The molecule has 3 aromatic rings. The van der Waals surface area contributed by atoms with Crippen molar-refractivity contribution in [3.8, 4) is 0 Å². The first kappa shape index (κ1) is 19.5. The molecule has 1 amide bonds. The van der Waals surface area contributed by atoms with Crippen molar-refractivity contribution in [2.24, 2.45) is 0 Å². The van der Waals surface area contributed by atoms with Gasteiger partial charge in [0.1, 0.15) is 5.82 Å². The van der Waals surface area contributed by atoms with E-state index in [1.54, 1.807) is 13.0 Å². The normalized spacial score (nSPS) is 12.3. The Bertz CT molecular complexity index is 1030. The van der Waals surface area contributed by atoms with Crippen molar-refractivity contribution < 1.29 is 23.6 Å². The molecule has 0 aliphatic carbocycles. The van der Waals surface area contributed by atoms with Crippen molar-refractivity contribution in [1.82, 2.24) is 15.5 Å². The van der Waals surface area contributed by atoms with Crippen LogP contribution in [0.2, 0.25) is 0 Å². The predicted octanol–water partition coefficient (Wildman–Crippen LogP) is 3.74. The van der Waals surface area contributed by atoms with Crippen molar-refractivity contribution >= 4 is 23.0 Å². The van der Waals surface area contributed by atoms with E-state index in [1.807, 2.05) is 13.8 Å². The van der Waals surface area contributed by atoms with E-state index >= 15 is 0 Å². The molecule has 0 bridgehead atoms. The third-order valence-electron chi connectivity index (χ3n) is 4.43. The number of fused-ring (bicyclic) bond motifs is 1. The lowest BCUT2D eigenvalue weighted by atomic mass is 10.0. The highest BCUT2D eigenvalue weighted by Gasteiger charge is 2.24. The minimum absolute atomic E-state index is 0.0493. The van der Waals surface area contributed by atoms with Crippen LogP contribution in [-0.2, 0) is 4.79 Å². The van der Waals surface area contributed by atoms with Crippen LogP contribution in [-0.4, -0.2) is 27.1 Å². The fourth-order valence-electron chi connectivity index (χ4n) is 2.95. The Hall–Kier alpha value is -3.29. The molecule has 0 fully saturated rings. The number of aliphatic carboxylic acids is 1. The number of carbonyl (C=O) groups excluding carboxylic acids is 1. The van der Waals surface area contributed by atoms with Crippen molar-refractivity contribution in [3.63, 3.8) is 0 Å². The third-order valence-corrected chi connectivity index (χ3v) is 4.43. The fourth-order valence-corrected chi connectivity index (χ4v) is 2.95. The zero-order valence-electron chi connectivity index (χ0n) is 15.7. The number of halogens is 1. The molecular formula is C20H20FN3O4. The molecule has 1 aromatic carbocycles. The van der Waals surface area contributed by atoms with Gasteiger partial charge in [0.15, 0.2) is 0 Å². The maximum absolute atomic E-state index is 13.2. The van der Waals surface area contributed by atoms with Gasteiger partial charge in [-0.1, -0.05) is 31.1 Å². The summed E-state index contributed by atoms with van der Waals surface area (Å²) in [4.78, 5) is 28.7. The van der Waals surface area contributed by atoms with E-state index in [0.29, 0.717) is 27.9 Å². The van der Waals surface area contributed by atoms with Gasteiger partial charge in [0.25, 0.3) is 11.6 Å². The number of benzene rings is 1. The van der Waals surface area contributed by atoms with Crippen molar-refractivity contribution in [1.29, 1.82) is 0 Å². The van der Waals surface area contributed by atoms with Crippen LogP contribution in [0.25, 0.3) is 11.1 Å². The Morgan fingerprint density at radius 1 is 1.25 bits per heavy atom. The molecule has 0 spiro atoms. The monoisotopic (exact) mass is 385 g/mol. The van der Waals surface area contributed by atoms with Gasteiger partial charge in [0.2, 0.25) is 0 Å². The topological polar surface area (TPSA) is 105 Å². The summed E-state index contributed by atoms with van der Waals surface area (Å²) >= 11 is 0. The van der Waals surface area contributed by atoms with E-state index in [1.165, 1.54) is 24.3 Å². The second-order valence-electron chi connectivity index (χ2n) is 6.87. The molecule has 0 saturated carbocycles. The molecule has 146 valence electrons. The Labute approximate surface area is 160 Å². The lowest BCUT2D eigenvalue weighted by Gasteiger charge is -2.18. The van der Waals surface area contributed by atoms with Crippen LogP contribution >= 0.6 is 0 Å². The van der Waals surface area contributed by atoms with E-state index in [0.717, 1.165) is 0 Å². The number of carboxylic acid groups (broad SMARTS) is 1. The number of hydrogen-bond donors (Lipinski definition) is 2. The molecule has 0 aliphatic heterocycles. The van der Waals surface area contributed by atoms with Crippen LogP contribution in [0.4, 0.5) is 4.39 Å². The first-order chi connectivity index (χ1) is 13.3. The van der Waals surface area contributed by atoms with E-state index < -0.39 is 23.7 Å². The standard InChI is InChI=1S/C20H20FN3O4/c1-10(2)15-8-14(18-11(3)24-28-20(18)23-15)19(27)22-16(9-17(25)26)12-4-6-13(21)7-5-12/h4-8,10,16H,9H2,1-3H3,(H,22,27)(H,25,26). The number of amides is 1. The molecule has 8 heteroatoms. The van der Waals surface area contributed by atoms with Crippen LogP contribution in [0.1, 0.15) is 59.5 Å². The molecule has 0 saturated heterocycles. The van der Waals surface area contributed by atoms with Gasteiger partial charge in [-0.25, -0.2) is 9.37 Å². The van der Waals surface area contributed by atoms with Crippen LogP contribution in [0.3, 0.4) is 0 Å². The van der Waals surface area contributed by atoms with Crippen LogP contribution < -0.4 is 5.32 Å². The summed E-state index contributed by atoms with van der Waals surface area (Å²) in [6.45, 7) is 5.57. The molecule has 0 radical (unpaired) electrons. The SMILES string of the molecule is Cc1noc2nc(C(C)C)cc(C(=O)NC(CC(=O)O)c3ccc(F)cc3)c12. The Kier molecular flexibility index (Phi) is 5.39. The van der Waals surface area contributed by atoms with Gasteiger partial charge in [-0.15, -0.1) is 0 Å². The highest BCUT2D eigenvalue weighted by Crippen LogP contribution is 2.26. The van der Waals surface area contributed by atoms with Crippen LogP contribution in [0, 0.1) is 12.7 Å². The largest absolute Gasteiger partial charge is 0.481 e. The second kappa shape index (κ2) is 7.75. The first-order valence-electron chi connectivity index (χ1n) is 8.81. The van der Waals surface area contributed by atoms with E-state index in [4.69, 9.17) is 4.52 Å². The summed E-state index contributed by atoms with van der Waals surface area (Å²) in [7, 11) is 0. The number of pyridine rings is 1. The van der Waals surface area contributed by atoms with Gasteiger partial charge >= 0.3 is 5.97 Å². The zero-order valence-corrected chi connectivity index (χ0v) is 15.7. The average Bonchev–Trinajstić information content (AvgIpc) is 3.01. The van der Waals surface area contributed by atoms with Crippen LogP contribution in [0.5, 0.6) is 0 Å². The fraction of sp³-hybridized carbons (Fsp3) is 0.300. The molecule has 1 atom stereocenters. The summed E-state index contributed by atoms with van der Waals surface area (Å²) in [5.41, 5.74) is 2.23. The predicted molar refractivity (Wildman–Crippen MR) is 99.5 cm³/mol. The van der Waals surface area contributed by atoms with E-state index in [2.05, 4.69) is 15.5 Å². The summed E-state index contributed by atoms with van der Waals surface area (Å²) in [6, 6.07) is 6.20. The van der Waals surface area contributed by atoms with Gasteiger partial charge < -0.3 is 14.9 Å². The number of carboxylic acids is 1. The van der Waals surface area contributed by atoms with Gasteiger partial charge in [0.05, 0.1) is 29.1 Å². The molecule has 2 N–H and O–H groups in total. The number of rotatable bonds is 6. The summed E-state index contributed by atoms with van der Waals surface area (Å²) in [5.74, 6) is -1.95. The number of aryl methyl sites for hydroxylation is 1. The Morgan fingerprint density at radius 2 is 1.93 bits per heavy atom. The average molecular weight is 385 g/mol. The molecule has 28 heavy (non-hydrogen) atoms. The summed E-state index contributed by atoms with van der Waals surface area (Å²) in [6.07, 6.45) is -0.342. The maximum atomic E-state index is 13.2. The molecule has 2 heterocycles. The van der Waals surface area contributed by atoms with Crippen molar-refractivity contribution in [2.45, 2.75) is 39.2 Å². The molecule has 0 aliphatic rings. The Balaban J connectivity index is 2.00. The quantitative estimate of drug-likeness (QED) is 0.670. The number of hydrogen-bond acceptors (Lipinski definition) is 5. The van der Waals surface area contributed by atoms with Gasteiger partial charge in [-0.3, -0.25) is 9.59 Å². The van der Waals surface area contributed by atoms with Crippen LogP contribution in [0.15, 0.2) is 34.9 Å². The second-order valence-corrected chi connectivity index (χ2v) is 6.87. The highest BCUT2D eigenvalue weighted by molar-refractivity contribution is 6.06. The third kappa shape index (κ3) is 4.00. The van der Waals surface area contributed by atoms with Crippen molar-refractivity contribution in [3.05, 3.63) is 58.7 Å². The first-order valence-corrected chi connectivity index (χ1v) is 8.81.